The Hall–Kier alpha value is -2.35. The van der Waals surface area contributed by atoms with Crippen LogP contribution >= 0.6 is 0 Å². The highest BCUT2D eigenvalue weighted by molar-refractivity contribution is 5.43. The summed E-state index contributed by atoms with van der Waals surface area (Å²) in [6, 6.07) is 18.2. The van der Waals surface area contributed by atoms with Gasteiger partial charge in [-0.2, -0.15) is 5.26 Å². The van der Waals surface area contributed by atoms with Gasteiger partial charge in [-0.25, -0.2) is 0 Å². The maximum absolute atomic E-state index is 10.9. The van der Waals surface area contributed by atoms with E-state index in [1.54, 1.807) is 24.3 Å². The zero-order valence-electron chi connectivity index (χ0n) is 11.9. The molecule has 2 rings (SSSR count). The predicted octanol–water partition coefficient (Wildman–Crippen LogP) is 2.39. The van der Waals surface area contributed by atoms with Crippen LogP contribution in [0.2, 0.25) is 0 Å². The second-order valence-corrected chi connectivity index (χ2v) is 4.71. The minimum Gasteiger partial charge on any atom is -0.457 e. The first kappa shape index (κ1) is 15.0. The highest BCUT2D eigenvalue weighted by Crippen LogP contribution is 2.30. The molecule has 0 aliphatic carbocycles. The van der Waals surface area contributed by atoms with E-state index in [-0.39, 0.29) is 0 Å². The van der Waals surface area contributed by atoms with E-state index < -0.39 is 5.79 Å². The average Bonchev–Trinajstić information content (AvgIpc) is 2.54. The van der Waals surface area contributed by atoms with E-state index in [2.05, 4.69) is 11.4 Å². The molecule has 21 heavy (non-hydrogen) atoms. The van der Waals surface area contributed by atoms with Crippen LogP contribution in [0.3, 0.4) is 0 Å². The number of nitrogens with zero attached hydrogens (tertiary/aromatic N) is 1. The summed E-state index contributed by atoms with van der Waals surface area (Å²) in [5.74, 6) is -1.10. The standard InChI is InChI=1S/C17H18N2O2/c1-19-12-11-17(20,15-8-3-2-4-9-15)21-16-10-6-5-7-14(16)13-18/h2-10,19-20H,11-12H2,1H3. The highest BCUT2D eigenvalue weighted by Gasteiger charge is 2.31. The lowest BCUT2D eigenvalue weighted by Crippen LogP contribution is -2.36. The zero-order valence-corrected chi connectivity index (χ0v) is 11.9. The van der Waals surface area contributed by atoms with E-state index in [4.69, 9.17) is 10.00 Å². The summed E-state index contributed by atoms with van der Waals surface area (Å²) in [6.45, 7) is 0.583. The van der Waals surface area contributed by atoms with Crippen LogP contribution in [0, 0.1) is 11.3 Å². The van der Waals surface area contributed by atoms with Gasteiger partial charge in [-0.15, -0.1) is 0 Å². The summed E-state index contributed by atoms with van der Waals surface area (Å²) in [4.78, 5) is 0. The lowest BCUT2D eigenvalue weighted by atomic mass is 10.0. The quantitative estimate of drug-likeness (QED) is 0.798. The summed E-state index contributed by atoms with van der Waals surface area (Å²) in [5, 5.41) is 23.1. The maximum atomic E-state index is 10.9. The molecule has 0 radical (unpaired) electrons. The lowest BCUT2D eigenvalue weighted by molar-refractivity contribution is -0.150. The minimum absolute atomic E-state index is 0.368. The number of hydrogen-bond donors (Lipinski definition) is 2. The van der Waals surface area contributed by atoms with Crippen molar-refractivity contribution in [3.63, 3.8) is 0 Å². The van der Waals surface area contributed by atoms with Gasteiger partial charge < -0.3 is 15.2 Å². The Balaban J connectivity index is 2.35. The molecule has 108 valence electrons. The fourth-order valence-electron chi connectivity index (χ4n) is 2.08. The van der Waals surface area contributed by atoms with Crippen LogP contribution in [-0.4, -0.2) is 18.7 Å². The normalized spacial score (nSPS) is 13.2. The molecular formula is C17H18N2O2. The molecule has 0 aliphatic heterocycles. The van der Waals surface area contributed by atoms with Gasteiger partial charge in [0.1, 0.15) is 11.8 Å². The van der Waals surface area contributed by atoms with Crippen molar-refractivity contribution in [1.29, 1.82) is 5.26 Å². The molecule has 0 saturated heterocycles. The van der Waals surface area contributed by atoms with Crippen molar-refractivity contribution in [2.24, 2.45) is 0 Å². The van der Waals surface area contributed by atoms with Gasteiger partial charge in [0.15, 0.2) is 0 Å². The summed E-state index contributed by atoms with van der Waals surface area (Å²) in [7, 11) is 1.81. The molecule has 2 N–H and O–H groups in total. The molecule has 0 heterocycles. The maximum Gasteiger partial charge on any atom is 0.236 e. The van der Waals surface area contributed by atoms with Gasteiger partial charge in [0.25, 0.3) is 0 Å². The summed E-state index contributed by atoms with van der Waals surface area (Å²) in [6.07, 6.45) is 0.368. The summed E-state index contributed by atoms with van der Waals surface area (Å²) < 4.78 is 5.81. The first-order valence-corrected chi connectivity index (χ1v) is 6.80. The molecule has 0 amide bonds. The smallest absolute Gasteiger partial charge is 0.236 e. The van der Waals surface area contributed by atoms with E-state index in [1.165, 1.54) is 0 Å². The number of hydrogen-bond acceptors (Lipinski definition) is 4. The summed E-state index contributed by atoms with van der Waals surface area (Å²) in [5.41, 5.74) is 1.06. The fourth-order valence-corrected chi connectivity index (χ4v) is 2.08. The number of rotatable bonds is 6. The van der Waals surface area contributed by atoms with Crippen molar-refractivity contribution in [1.82, 2.24) is 5.32 Å². The molecule has 0 saturated carbocycles. The molecule has 1 atom stereocenters. The topological polar surface area (TPSA) is 65.3 Å². The largest absolute Gasteiger partial charge is 0.457 e. The van der Waals surface area contributed by atoms with E-state index >= 15 is 0 Å². The van der Waals surface area contributed by atoms with Crippen LogP contribution in [0.5, 0.6) is 5.75 Å². The van der Waals surface area contributed by atoms with E-state index in [0.29, 0.717) is 29.8 Å². The number of benzene rings is 2. The van der Waals surface area contributed by atoms with Crippen molar-refractivity contribution < 1.29 is 9.84 Å². The molecular weight excluding hydrogens is 264 g/mol. The Morgan fingerprint density at radius 3 is 2.48 bits per heavy atom. The molecule has 0 aromatic heterocycles. The van der Waals surface area contributed by atoms with E-state index in [1.807, 2.05) is 37.4 Å². The monoisotopic (exact) mass is 282 g/mol. The van der Waals surface area contributed by atoms with Gasteiger partial charge in [-0.3, -0.25) is 0 Å². The predicted molar refractivity (Wildman–Crippen MR) is 80.7 cm³/mol. The first-order chi connectivity index (χ1) is 10.2. The molecule has 4 nitrogen and oxygen atoms in total. The third-order valence-electron chi connectivity index (χ3n) is 3.23. The van der Waals surface area contributed by atoms with Crippen LogP contribution in [-0.2, 0) is 5.79 Å². The van der Waals surface area contributed by atoms with Gasteiger partial charge >= 0.3 is 0 Å². The molecule has 2 aromatic rings. The molecule has 0 bridgehead atoms. The van der Waals surface area contributed by atoms with Crippen LogP contribution in [0.25, 0.3) is 0 Å². The first-order valence-electron chi connectivity index (χ1n) is 6.80. The average molecular weight is 282 g/mol. The Kier molecular flexibility index (Phi) is 4.94. The molecule has 0 aliphatic rings. The number of nitrogens with one attached hydrogen (secondary N) is 1. The number of ether oxygens (including phenoxy) is 1. The Labute approximate surface area is 124 Å². The second kappa shape index (κ2) is 6.89. The second-order valence-electron chi connectivity index (χ2n) is 4.71. The Morgan fingerprint density at radius 2 is 1.81 bits per heavy atom. The van der Waals surface area contributed by atoms with Crippen LogP contribution in [0.1, 0.15) is 17.5 Å². The van der Waals surface area contributed by atoms with Gasteiger partial charge in [-0.1, -0.05) is 42.5 Å². The van der Waals surface area contributed by atoms with E-state index in [9.17, 15) is 5.11 Å². The lowest BCUT2D eigenvalue weighted by Gasteiger charge is -2.30. The highest BCUT2D eigenvalue weighted by atomic mass is 16.6. The third-order valence-corrected chi connectivity index (χ3v) is 3.23. The Bertz CT molecular complexity index is 622. The number of nitriles is 1. The van der Waals surface area contributed by atoms with Gasteiger partial charge in [0.05, 0.1) is 5.56 Å². The van der Waals surface area contributed by atoms with Gasteiger partial charge in [-0.05, 0) is 19.2 Å². The third kappa shape index (κ3) is 3.60. The Morgan fingerprint density at radius 1 is 1.14 bits per heavy atom. The fraction of sp³-hybridized carbons (Fsp3) is 0.235. The number of aliphatic hydroxyl groups is 1. The SMILES string of the molecule is CNCCC(O)(Oc1ccccc1C#N)c1ccccc1. The molecule has 1 unspecified atom stereocenters. The van der Waals surface area contributed by atoms with Crippen LogP contribution in [0.15, 0.2) is 54.6 Å². The van der Waals surface area contributed by atoms with E-state index in [0.717, 1.165) is 0 Å². The van der Waals surface area contributed by atoms with Gasteiger partial charge in [0.2, 0.25) is 5.79 Å². The molecule has 2 aromatic carbocycles. The van der Waals surface area contributed by atoms with Crippen molar-refractivity contribution in [3.8, 4) is 11.8 Å². The van der Waals surface area contributed by atoms with Crippen LogP contribution < -0.4 is 10.1 Å². The molecule has 0 spiro atoms. The number of para-hydroxylation sites is 1. The zero-order chi connectivity index (χ0) is 15.1. The van der Waals surface area contributed by atoms with Gasteiger partial charge in [0, 0.05) is 18.5 Å². The van der Waals surface area contributed by atoms with Crippen molar-refractivity contribution in [3.05, 3.63) is 65.7 Å². The molecule has 4 heteroatoms. The summed E-state index contributed by atoms with van der Waals surface area (Å²) >= 11 is 0. The van der Waals surface area contributed by atoms with Crippen molar-refractivity contribution in [2.75, 3.05) is 13.6 Å². The van der Waals surface area contributed by atoms with Crippen molar-refractivity contribution >= 4 is 0 Å². The van der Waals surface area contributed by atoms with Crippen molar-refractivity contribution in [2.45, 2.75) is 12.2 Å². The van der Waals surface area contributed by atoms with Crippen LogP contribution in [0.4, 0.5) is 0 Å². The molecule has 0 fully saturated rings. The minimum atomic E-state index is -1.47.